The lowest BCUT2D eigenvalue weighted by molar-refractivity contribution is -0.137. The van der Waals surface area contributed by atoms with Crippen molar-refractivity contribution in [1.29, 1.82) is 0 Å². The molecule has 0 atom stereocenters. The first-order valence-corrected chi connectivity index (χ1v) is 6.82. The molecule has 0 aliphatic carbocycles. The second kappa shape index (κ2) is 6.16. The van der Waals surface area contributed by atoms with Gasteiger partial charge in [0.15, 0.2) is 0 Å². The third kappa shape index (κ3) is 3.54. The molecule has 1 aliphatic rings. The van der Waals surface area contributed by atoms with Crippen molar-refractivity contribution in [3.8, 4) is 0 Å². The van der Waals surface area contributed by atoms with Crippen LogP contribution in [0.5, 0.6) is 0 Å². The van der Waals surface area contributed by atoms with E-state index < -0.39 is 0 Å². The molecule has 2 amide bonds. The van der Waals surface area contributed by atoms with Gasteiger partial charge in [0, 0.05) is 35.7 Å². The van der Waals surface area contributed by atoms with Crippen LogP contribution >= 0.6 is 15.9 Å². The minimum atomic E-state index is -0.264. The minimum Gasteiger partial charge on any atom is -0.396 e. The molecule has 0 bridgehead atoms. The van der Waals surface area contributed by atoms with E-state index in [4.69, 9.17) is 5.11 Å². The first kappa shape index (κ1) is 14.0. The molecule has 102 valence electrons. The first-order valence-electron chi connectivity index (χ1n) is 6.02. The van der Waals surface area contributed by atoms with Gasteiger partial charge >= 0.3 is 0 Å². The van der Waals surface area contributed by atoms with Crippen LogP contribution < -0.4 is 5.32 Å². The van der Waals surface area contributed by atoms with Crippen LogP contribution in [0.4, 0.5) is 0 Å². The monoisotopic (exact) mass is 326 g/mol. The van der Waals surface area contributed by atoms with Gasteiger partial charge in [-0.1, -0.05) is 15.9 Å². The maximum atomic E-state index is 11.8. The average molecular weight is 327 g/mol. The van der Waals surface area contributed by atoms with Crippen LogP contribution in [0.15, 0.2) is 28.7 Å². The standard InChI is InChI=1S/C13H15BrN2O3/c14-11-3-1-10(2-4-11)13(19)15-5-12(18)16-6-9(7-16)8-17/h1-4,9,17H,5-8H2,(H,15,19). The highest BCUT2D eigenvalue weighted by molar-refractivity contribution is 9.10. The van der Waals surface area contributed by atoms with E-state index in [0.717, 1.165) is 4.47 Å². The van der Waals surface area contributed by atoms with E-state index in [-0.39, 0.29) is 30.9 Å². The van der Waals surface area contributed by atoms with Crippen molar-refractivity contribution < 1.29 is 14.7 Å². The van der Waals surface area contributed by atoms with Gasteiger partial charge in [-0.05, 0) is 24.3 Å². The number of hydrogen-bond acceptors (Lipinski definition) is 3. The van der Waals surface area contributed by atoms with E-state index in [1.165, 1.54) is 0 Å². The molecule has 0 unspecified atom stereocenters. The van der Waals surface area contributed by atoms with Crippen molar-refractivity contribution in [2.24, 2.45) is 5.92 Å². The van der Waals surface area contributed by atoms with E-state index in [0.29, 0.717) is 18.7 Å². The molecular weight excluding hydrogens is 312 g/mol. The molecule has 0 radical (unpaired) electrons. The summed E-state index contributed by atoms with van der Waals surface area (Å²) in [6.45, 7) is 1.25. The van der Waals surface area contributed by atoms with Crippen molar-refractivity contribution in [2.75, 3.05) is 26.2 Å². The largest absolute Gasteiger partial charge is 0.396 e. The number of nitrogens with one attached hydrogen (secondary N) is 1. The Labute approximate surface area is 119 Å². The molecule has 1 aliphatic heterocycles. The van der Waals surface area contributed by atoms with Crippen LogP contribution in [0.2, 0.25) is 0 Å². The van der Waals surface area contributed by atoms with Gasteiger partial charge in [0.2, 0.25) is 5.91 Å². The zero-order valence-corrected chi connectivity index (χ0v) is 11.9. The summed E-state index contributed by atoms with van der Waals surface area (Å²) in [4.78, 5) is 25.1. The molecule has 1 aromatic carbocycles. The molecule has 0 saturated carbocycles. The summed E-state index contributed by atoms with van der Waals surface area (Å²) in [7, 11) is 0. The molecule has 1 fully saturated rings. The van der Waals surface area contributed by atoms with E-state index in [2.05, 4.69) is 21.2 Å². The second-order valence-corrected chi connectivity index (χ2v) is 5.45. The summed E-state index contributed by atoms with van der Waals surface area (Å²) in [6.07, 6.45) is 0. The maximum absolute atomic E-state index is 11.8. The van der Waals surface area contributed by atoms with Crippen LogP contribution in [0.25, 0.3) is 0 Å². The Bertz CT molecular complexity index is 469. The number of carbonyl (C=O) groups excluding carboxylic acids is 2. The quantitative estimate of drug-likeness (QED) is 0.852. The molecule has 1 heterocycles. The summed E-state index contributed by atoms with van der Waals surface area (Å²) in [5.41, 5.74) is 0.521. The van der Waals surface area contributed by atoms with Gasteiger partial charge in [-0.3, -0.25) is 9.59 Å². The number of aliphatic hydroxyl groups is 1. The van der Waals surface area contributed by atoms with Crippen molar-refractivity contribution >= 4 is 27.7 Å². The summed E-state index contributed by atoms with van der Waals surface area (Å²) in [5.74, 6) is -0.193. The number of carbonyl (C=O) groups is 2. The van der Waals surface area contributed by atoms with Crippen molar-refractivity contribution in [3.05, 3.63) is 34.3 Å². The van der Waals surface area contributed by atoms with Crippen LogP contribution in [0, 0.1) is 5.92 Å². The Morgan fingerprint density at radius 2 is 1.95 bits per heavy atom. The number of hydrogen-bond donors (Lipinski definition) is 2. The fourth-order valence-electron chi connectivity index (χ4n) is 1.86. The number of rotatable bonds is 4. The smallest absolute Gasteiger partial charge is 0.251 e. The zero-order valence-electron chi connectivity index (χ0n) is 10.3. The number of nitrogens with zero attached hydrogens (tertiary/aromatic N) is 1. The maximum Gasteiger partial charge on any atom is 0.251 e. The summed E-state index contributed by atoms with van der Waals surface area (Å²) in [6, 6.07) is 6.93. The van der Waals surface area contributed by atoms with Gasteiger partial charge in [0.25, 0.3) is 5.91 Å². The molecule has 5 nitrogen and oxygen atoms in total. The third-order valence-corrected chi connectivity index (χ3v) is 3.60. The number of benzene rings is 1. The molecule has 2 rings (SSSR count). The third-order valence-electron chi connectivity index (χ3n) is 3.07. The van der Waals surface area contributed by atoms with Gasteiger partial charge in [0.05, 0.1) is 6.54 Å². The number of likely N-dealkylation sites (tertiary alicyclic amines) is 1. The normalized spacial score (nSPS) is 14.9. The summed E-state index contributed by atoms with van der Waals surface area (Å²) >= 11 is 3.29. The second-order valence-electron chi connectivity index (χ2n) is 4.54. The molecule has 1 saturated heterocycles. The highest BCUT2D eigenvalue weighted by Gasteiger charge is 2.29. The van der Waals surface area contributed by atoms with Gasteiger partial charge in [-0.25, -0.2) is 0 Å². The summed E-state index contributed by atoms with van der Waals surface area (Å²) < 4.78 is 0.899. The first-order chi connectivity index (χ1) is 9.10. The van der Waals surface area contributed by atoms with Crippen LogP contribution in [-0.4, -0.2) is 48.1 Å². The SMILES string of the molecule is O=C(NCC(=O)N1CC(CO)C1)c1ccc(Br)cc1. The predicted molar refractivity (Wildman–Crippen MR) is 73.6 cm³/mol. The predicted octanol–water partition coefficient (Wildman–Crippen LogP) is 0.630. The van der Waals surface area contributed by atoms with Crippen LogP contribution in [-0.2, 0) is 4.79 Å². The highest BCUT2D eigenvalue weighted by atomic mass is 79.9. The van der Waals surface area contributed by atoms with Crippen molar-refractivity contribution in [3.63, 3.8) is 0 Å². The molecule has 0 aromatic heterocycles. The lowest BCUT2D eigenvalue weighted by atomic mass is 10.0. The Morgan fingerprint density at radius 1 is 1.32 bits per heavy atom. The van der Waals surface area contributed by atoms with E-state index in [9.17, 15) is 9.59 Å². The highest BCUT2D eigenvalue weighted by Crippen LogP contribution is 2.14. The van der Waals surface area contributed by atoms with E-state index in [1.807, 2.05) is 0 Å². The molecule has 2 N–H and O–H groups in total. The van der Waals surface area contributed by atoms with Gasteiger partial charge < -0.3 is 15.3 Å². The zero-order chi connectivity index (χ0) is 13.8. The lowest BCUT2D eigenvalue weighted by Crippen LogP contribution is -2.54. The fourth-order valence-corrected chi connectivity index (χ4v) is 2.12. The van der Waals surface area contributed by atoms with Crippen LogP contribution in [0.1, 0.15) is 10.4 Å². The molecule has 19 heavy (non-hydrogen) atoms. The Balaban J connectivity index is 1.78. The summed E-state index contributed by atoms with van der Waals surface area (Å²) in [5, 5.41) is 11.5. The van der Waals surface area contributed by atoms with Crippen LogP contribution in [0.3, 0.4) is 0 Å². The Morgan fingerprint density at radius 3 is 2.53 bits per heavy atom. The number of halogens is 1. The Kier molecular flexibility index (Phi) is 4.55. The molecular formula is C13H15BrN2O3. The fraction of sp³-hybridized carbons (Fsp3) is 0.385. The Hall–Kier alpha value is -1.40. The van der Waals surface area contributed by atoms with Crippen molar-refractivity contribution in [2.45, 2.75) is 0 Å². The molecule has 6 heteroatoms. The number of amides is 2. The average Bonchev–Trinajstić information content (AvgIpc) is 2.35. The van der Waals surface area contributed by atoms with Gasteiger partial charge in [0.1, 0.15) is 0 Å². The van der Waals surface area contributed by atoms with Gasteiger partial charge in [-0.2, -0.15) is 0 Å². The minimum absolute atomic E-state index is 0.00690. The molecule has 1 aromatic rings. The topological polar surface area (TPSA) is 69.6 Å². The van der Waals surface area contributed by atoms with E-state index in [1.54, 1.807) is 29.2 Å². The van der Waals surface area contributed by atoms with Gasteiger partial charge in [-0.15, -0.1) is 0 Å². The molecule has 0 spiro atoms. The lowest BCUT2D eigenvalue weighted by Gasteiger charge is -2.38. The van der Waals surface area contributed by atoms with Crippen molar-refractivity contribution in [1.82, 2.24) is 10.2 Å². The number of aliphatic hydroxyl groups excluding tert-OH is 1. The van der Waals surface area contributed by atoms with E-state index >= 15 is 0 Å².